The van der Waals surface area contributed by atoms with Crippen molar-refractivity contribution in [2.45, 2.75) is 13.5 Å². The van der Waals surface area contributed by atoms with Crippen LogP contribution in [0.2, 0.25) is 0 Å². The first-order valence-corrected chi connectivity index (χ1v) is 5.55. The molecule has 1 heterocycles. The Morgan fingerprint density at radius 1 is 1.33 bits per heavy atom. The van der Waals surface area contributed by atoms with E-state index < -0.39 is 5.95 Å². The van der Waals surface area contributed by atoms with Crippen LogP contribution in [0.1, 0.15) is 16.8 Å². The molecule has 2 aromatic rings. The third-order valence-electron chi connectivity index (χ3n) is 2.54. The second-order valence-electron chi connectivity index (χ2n) is 3.96. The van der Waals surface area contributed by atoms with Crippen LogP contribution >= 0.6 is 0 Å². The summed E-state index contributed by atoms with van der Waals surface area (Å²) in [5.41, 5.74) is 2.85. The normalized spacial score (nSPS) is 9.83. The van der Waals surface area contributed by atoms with Crippen molar-refractivity contribution in [2.24, 2.45) is 0 Å². The Labute approximate surface area is 105 Å². The van der Waals surface area contributed by atoms with Crippen LogP contribution in [0.5, 0.6) is 0 Å². The molecule has 0 fully saturated rings. The fourth-order valence-corrected chi connectivity index (χ4v) is 1.65. The summed E-state index contributed by atoms with van der Waals surface area (Å²) in [4.78, 5) is 3.73. The van der Waals surface area contributed by atoms with Crippen molar-refractivity contribution in [3.63, 3.8) is 0 Å². The van der Waals surface area contributed by atoms with Crippen molar-refractivity contribution < 1.29 is 4.39 Å². The quantitative estimate of drug-likeness (QED) is 0.840. The monoisotopic (exact) mass is 241 g/mol. The minimum absolute atomic E-state index is 0.324. The third-order valence-corrected chi connectivity index (χ3v) is 2.54. The summed E-state index contributed by atoms with van der Waals surface area (Å²) in [6.45, 7) is 2.32. The molecule has 4 heteroatoms. The van der Waals surface area contributed by atoms with Crippen molar-refractivity contribution >= 4 is 5.69 Å². The average molecular weight is 241 g/mol. The predicted octanol–water partition coefficient (Wildman–Crippen LogP) is 3.01. The van der Waals surface area contributed by atoms with Gasteiger partial charge in [-0.25, -0.2) is 4.98 Å². The molecule has 1 aromatic heterocycles. The van der Waals surface area contributed by atoms with Gasteiger partial charge in [0.05, 0.1) is 17.8 Å². The molecule has 0 radical (unpaired) electrons. The van der Waals surface area contributed by atoms with Gasteiger partial charge in [-0.1, -0.05) is 12.1 Å². The van der Waals surface area contributed by atoms with E-state index in [4.69, 9.17) is 5.26 Å². The topological polar surface area (TPSA) is 48.7 Å². The molecular formula is C14H12FN3. The van der Waals surface area contributed by atoms with Crippen LogP contribution in [0.15, 0.2) is 36.4 Å². The number of halogens is 1. The minimum atomic E-state index is -0.574. The molecule has 0 amide bonds. The lowest BCUT2D eigenvalue weighted by Crippen LogP contribution is -2.05. The fraction of sp³-hybridized carbons (Fsp3) is 0.143. The number of nitrogens with zero attached hydrogens (tertiary/aromatic N) is 2. The molecule has 1 aromatic carbocycles. The number of aromatic nitrogens is 1. The van der Waals surface area contributed by atoms with E-state index in [1.165, 1.54) is 12.1 Å². The summed E-state index contributed by atoms with van der Waals surface area (Å²) in [5, 5.41) is 12.0. The highest BCUT2D eigenvalue weighted by Crippen LogP contribution is 2.12. The van der Waals surface area contributed by atoms with Gasteiger partial charge in [-0.15, -0.1) is 0 Å². The molecule has 0 saturated carbocycles. The number of nitrogens with one attached hydrogen (secondary N) is 1. The molecule has 2 rings (SSSR count). The summed E-state index contributed by atoms with van der Waals surface area (Å²) in [5.74, 6) is -0.574. The summed E-state index contributed by atoms with van der Waals surface area (Å²) < 4.78 is 13.0. The van der Waals surface area contributed by atoms with Gasteiger partial charge in [0.2, 0.25) is 5.95 Å². The Balaban J connectivity index is 2.15. The maximum absolute atomic E-state index is 13.0. The highest BCUT2D eigenvalue weighted by Gasteiger charge is 2.05. The van der Waals surface area contributed by atoms with E-state index in [1.807, 2.05) is 37.3 Å². The molecule has 0 unspecified atom stereocenters. The zero-order chi connectivity index (χ0) is 13.0. The molecule has 0 atom stereocenters. The van der Waals surface area contributed by atoms with Crippen LogP contribution in [0.25, 0.3) is 0 Å². The number of benzene rings is 1. The van der Waals surface area contributed by atoms with Crippen LogP contribution in [-0.2, 0) is 6.54 Å². The van der Waals surface area contributed by atoms with Crippen LogP contribution < -0.4 is 5.32 Å². The van der Waals surface area contributed by atoms with Gasteiger partial charge in [0.15, 0.2) is 0 Å². The molecule has 0 aliphatic carbocycles. The highest BCUT2D eigenvalue weighted by atomic mass is 19.1. The van der Waals surface area contributed by atoms with Gasteiger partial charge in [0.1, 0.15) is 6.07 Å². The number of anilines is 1. The number of hydrogen-bond donors (Lipinski definition) is 1. The van der Waals surface area contributed by atoms with E-state index in [0.29, 0.717) is 17.8 Å². The van der Waals surface area contributed by atoms with E-state index in [0.717, 1.165) is 11.3 Å². The Morgan fingerprint density at radius 2 is 2.17 bits per heavy atom. The number of nitriles is 1. The molecule has 3 nitrogen and oxygen atoms in total. The maximum atomic E-state index is 13.0. The van der Waals surface area contributed by atoms with Crippen LogP contribution in [0.4, 0.5) is 10.1 Å². The van der Waals surface area contributed by atoms with Crippen molar-refractivity contribution in [3.05, 3.63) is 59.2 Å². The second-order valence-corrected chi connectivity index (χ2v) is 3.96. The maximum Gasteiger partial charge on any atom is 0.213 e. The number of aryl methyl sites for hydroxylation is 1. The Morgan fingerprint density at radius 3 is 2.89 bits per heavy atom. The average Bonchev–Trinajstić information content (AvgIpc) is 2.37. The molecule has 1 N–H and O–H groups in total. The van der Waals surface area contributed by atoms with Gasteiger partial charge in [0.25, 0.3) is 0 Å². The lowest BCUT2D eigenvalue weighted by Gasteiger charge is -2.07. The Kier molecular flexibility index (Phi) is 3.54. The van der Waals surface area contributed by atoms with Gasteiger partial charge in [-0.05, 0) is 36.8 Å². The van der Waals surface area contributed by atoms with Crippen molar-refractivity contribution in [1.82, 2.24) is 4.98 Å². The summed E-state index contributed by atoms with van der Waals surface area (Å²) in [6.07, 6.45) is 0. The van der Waals surface area contributed by atoms with Crippen LogP contribution in [0.3, 0.4) is 0 Å². The molecular weight excluding hydrogens is 229 g/mol. The number of rotatable bonds is 3. The van der Waals surface area contributed by atoms with E-state index in [2.05, 4.69) is 10.3 Å². The lowest BCUT2D eigenvalue weighted by molar-refractivity contribution is 0.577. The molecule has 0 saturated heterocycles. The lowest BCUT2D eigenvalue weighted by atomic mass is 10.2. The Hall–Kier alpha value is -2.41. The van der Waals surface area contributed by atoms with E-state index in [-0.39, 0.29) is 0 Å². The SMILES string of the molecule is Cc1cccc(NCc2nc(F)ccc2C#N)c1. The third kappa shape index (κ3) is 2.83. The van der Waals surface area contributed by atoms with Gasteiger partial charge in [0, 0.05) is 5.69 Å². The van der Waals surface area contributed by atoms with E-state index in [9.17, 15) is 4.39 Å². The van der Waals surface area contributed by atoms with E-state index >= 15 is 0 Å². The minimum Gasteiger partial charge on any atom is -0.379 e. The molecule has 90 valence electrons. The Bertz CT molecular complexity index is 602. The standard InChI is InChI=1S/C14H12FN3/c1-10-3-2-4-12(7-10)17-9-13-11(8-16)5-6-14(15)18-13/h2-7,17H,9H2,1H3. The molecule has 18 heavy (non-hydrogen) atoms. The highest BCUT2D eigenvalue weighted by molar-refractivity contribution is 5.46. The summed E-state index contributed by atoms with van der Waals surface area (Å²) in [7, 11) is 0. The molecule has 0 aliphatic rings. The largest absolute Gasteiger partial charge is 0.379 e. The molecule has 0 bridgehead atoms. The first-order chi connectivity index (χ1) is 8.69. The van der Waals surface area contributed by atoms with Gasteiger partial charge in [-0.2, -0.15) is 9.65 Å². The van der Waals surface area contributed by atoms with E-state index in [1.54, 1.807) is 0 Å². The zero-order valence-corrected chi connectivity index (χ0v) is 9.94. The first-order valence-electron chi connectivity index (χ1n) is 5.55. The van der Waals surface area contributed by atoms with Crippen molar-refractivity contribution in [3.8, 4) is 6.07 Å². The number of hydrogen-bond acceptors (Lipinski definition) is 3. The van der Waals surface area contributed by atoms with Gasteiger partial charge in [-0.3, -0.25) is 0 Å². The summed E-state index contributed by atoms with van der Waals surface area (Å²) in [6, 6.07) is 12.4. The van der Waals surface area contributed by atoms with Gasteiger partial charge >= 0.3 is 0 Å². The van der Waals surface area contributed by atoms with Crippen molar-refractivity contribution in [1.29, 1.82) is 5.26 Å². The zero-order valence-electron chi connectivity index (χ0n) is 9.94. The molecule has 0 aliphatic heterocycles. The van der Waals surface area contributed by atoms with Crippen molar-refractivity contribution in [2.75, 3.05) is 5.32 Å². The predicted molar refractivity (Wildman–Crippen MR) is 67.4 cm³/mol. The fourth-order valence-electron chi connectivity index (χ4n) is 1.65. The van der Waals surface area contributed by atoms with Crippen LogP contribution in [-0.4, -0.2) is 4.98 Å². The molecule has 0 spiro atoms. The smallest absolute Gasteiger partial charge is 0.213 e. The van der Waals surface area contributed by atoms with Crippen LogP contribution in [0, 0.1) is 24.2 Å². The first kappa shape index (κ1) is 12.1. The number of pyridine rings is 1. The second kappa shape index (κ2) is 5.28. The summed E-state index contributed by atoms with van der Waals surface area (Å²) >= 11 is 0. The van der Waals surface area contributed by atoms with Gasteiger partial charge < -0.3 is 5.32 Å².